The molecule has 0 atom stereocenters. The van der Waals surface area contributed by atoms with Crippen LogP contribution in [-0.2, 0) is 6.54 Å². The van der Waals surface area contributed by atoms with Crippen LogP contribution in [0.15, 0.2) is 29.3 Å². The van der Waals surface area contributed by atoms with Crippen molar-refractivity contribution < 1.29 is 4.74 Å². The molecule has 0 saturated heterocycles. The molecule has 0 fully saturated rings. The standard InChI is InChI=1S/C15H25N3O.HI/c1-4-19-14-7-5-6-13(10-14)11-18-15(16)17-9-8-12(2)3;/h5-7,10,12H,4,8-9,11H2,1-3H3,(H3,16,17,18);1H. The molecule has 0 bridgehead atoms. The van der Waals surface area contributed by atoms with Gasteiger partial charge in [-0.3, -0.25) is 0 Å². The first-order chi connectivity index (χ1) is 9.11. The van der Waals surface area contributed by atoms with E-state index >= 15 is 0 Å². The summed E-state index contributed by atoms with van der Waals surface area (Å²) in [5.41, 5.74) is 6.91. The number of rotatable bonds is 7. The van der Waals surface area contributed by atoms with Gasteiger partial charge >= 0.3 is 0 Å². The van der Waals surface area contributed by atoms with Gasteiger partial charge in [0.05, 0.1) is 13.2 Å². The van der Waals surface area contributed by atoms with Gasteiger partial charge in [-0.1, -0.05) is 26.0 Å². The van der Waals surface area contributed by atoms with E-state index in [9.17, 15) is 0 Å². The first-order valence-corrected chi connectivity index (χ1v) is 6.87. The van der Waals surface area contributed by atoms with Crippen LogP contribution in [0.3, 0.4) is 0 Å². The van der Waals surface area contributed by atoms with Crippen LogP contribution in [-0.4, -0.2) is 19.1 Å². The fourth-order valence-electron chi connectivity index (χ4n) is 1.62. The first-order valence-electron chi connectivity index (χ1n) is 6.87. The van der Waals surface area contributed by atoms with Gasteiger partial charge in [-0.25, -0.2) is 4.99 Å². The number of ether oxygens (including phenoxy) is 1. The van der Waals surface area contributed by atoms with E-state index in [1.165, 1.54) is 0 Å². The molecule has 1 aromatic carbocycles. The van der Waals surface area contributed by atoms with Crippen LogP contribution >= 0.6 is 24.0 Å². The summed E-state index contributed by atoms with van der Waals surface area (Å²) in [7, 11) is 0. The van der Waals surface area contributed by atoms with Crippen LogP contribution in [0.5, 0.6) is 5.75 Å². The average molecular weight is 391 g/mol. The number of benzene rings is 1. The highest BCUT2D eigenvalue weighted by atomic mass is 127. The summed E-state index contributed by atoms with van der Waals surface area (Å²) >= 11 is 0. The lowest BCUT2D eigenvalue weighted by molar-refractivity contribution is 0.340. The molecule has 4 nitrogen and oxygen atoms in total. The van der Waals surface area contributed by atoms with Crippen LogP contribution < -0.4 is 15.8 Å². The molecule has 0 spiro atoms. The number of nitrogens with one attached hydrogen (secondary N) is 1. The third-order valence-electron chi connectivity index (χ3n) is 2.67. The number of nitrogens with two attached hydrogens (primary N) is 1. The van der Waals surface area contributed by atoms with Crippen LogP contribution in [0.2, 0.25) is 0 Å². The maximum Gasteiger partial charge on any atom is 0.188 e. The van der Waals surface area contributed by atoms with Crippen molar-refractivity contribution in [3.05, 3.63) is 29.8 Å². The van der Waals surface area contributed by atoms with E-state index in [1.54, 1.807) is 0 Å². The molecule has 5 heteroatoms. The largest absolute Gasteiger partial charge is 0.494 e. The summed E-state index contributed by atoms with van der Waals surface area (Å²) in [5, 5.41) is 3.12. The predicted octanol–water partition coefficient (Wildman–Crippen LogP) is 3.15. The second-order valence-electron chi connectivity index (χ2n) is 4.89. The number of hydrogen-bond donors (Lipinski definition) is 2. The Bertz CT molecular complexity index is 408. The van der Waals surface area contributed by atoms with Crippen molar-refractivity contribution in [1.82, 2.24) is 5.32 Å². The second-order valence-corrected chi connectivity index (χ2v) is 4.89. The van der Waals surface area contributed by atoms with Crippen molar-refractivity contribution in [2.24, 2.45) is 16.6 Å². The highest BCUT2D eigenvalue weighted by Crippen LogP contribution is 2.13. The molecule has 0 aliphatic carbocycles. The Balaban J connectivity index is 0.00000361. The van der Waals surface area contributed by atoms with Crippen molar-refractivity contribution in [1.29, 1.82) is 0 Å². The second kappa shape index (κ2) is 10.8. The Labute approximate surface area is 139 Å². The van der Waals surface area contributed by atoms with Gasteiger partial charge < -0.3 is 15.8 Å². The molecule has 0 aliphatic rings. The van der Waals surface area contributed by atoms with Crippen LogP contribution in [0.25, 0.3) is 0 Å². The van der Waals surface area contributed by atoms with E-state index in [2.05, 4.69) is 24.2 Å². The van der Waals surface area contributed by atoms with Crippen LogP contribution in [0, 0.1) is 5.92 Å². The lowest BCUT2D eigenvalue weighted by atomic mass is 10.1. The van der Waals surface area contributed by atoms with E-state index in [-0.39, 0.29) is 24.0 Å². The summed E-state index contributed by atoms with van der Waals surface area (Å²) in [6, 6.07) is 7.93. The van der Waals surface area contributed by atoms with E-state index in [1.807, 2.05) is 31.2 Å². The van der Waals surface area contributed by atoms with Gasteiger partial charge in [0.1, 0.15) is 5.75 Å². The zero-order valence-corrected chi connectivity index (χ0v) is 14.9. The number of halogens is 1. The SMILES string of the molecule is CCOc1cccc(CN=C(N)NCCC(C)C)c1.I. The van der Waals surface area contributed by atoms with Crippen LogP contribution in [0.1, 0.15) is 32.8 Å². The zero-order valence-electron chi connectivity index (χ0n) is 12.6. The van der Waals surface area contributed by atoms with Gasteiger partial charge in [0, 0.05) is 6.54 Å². The Morgan fingerprint density at radius 3 is 2.80 bits per heavy atom. The molecule has 0 amide bonds. The van der Waals surface area contributed by atoms with Crippen molar-refractivity contribution in [3.8, 4) is 5.75 Å². The number of aliphatic imine (C=N–C) groups is 1. The lowest BCUT2D eigenvalue weighted by Gasteiger charge is -2.08. The minimum absolute atomic E-state index is 0. The Morgan fingerprint density at radius 1 is 1.40 bits per heavy atom. The maximum absolute atomic E-state index is 5.81. The summed E-state index contributed by atoms with van der Waals surface area (Å²) in [4.78, 5) is 4.32. The van der Waals surface area contributed by atoms with Gasteiger partial charge in [-0.05, 0) is 37.0 Å². The molecule has 1 rings (SSSR count). The van der Waals surface area contributed by atoms with Crippen molar-refractivity contribution in [2.75, 3.05) is 13.2 Å². The van der Waals surface area contributed by atoms with E-state index in [0.717, 1.165) is 24.3 Å². The molecular weight excluding hydrogens is 365 g/mol. The normalized spacial score (nSPS) is 11.1. The van der Waals surface area contributed by atoms with Gasteiger partial charge in [-0.2, -0.15) is 0 Å². The fraction of sp³-hybridized carbons (Fsp3) is 0.533. The van der Waals surface area contributed by atoms with E-state index in [4.69, 9.17) is 10.5 Å². The highest BCUT2D eigenvalue weighted by molar-refractivity contribution is 14.0. The molecule has 0 radical (unpaired) electrons. The zero-order chi connectivity index (χ0) is 14.1. The molecule has 0 unspecified atom stereocenters. The maximum atomic E-state index is 5.81. The summed E-state index contributed by atoms with van der Waals surface area (Å²) in [6.07, 6.45) is 1.09. The Kier molecular flexibility index (Phi) is 10.2. The Morgan fingerprint density at radius 2 is 2.15 bits per heavy atom. The molecule has 0 aliphatic heterocycles. The van der Waals surface area contributed by atoms with E-state index in [0.29, 0.717) is 25.0 Å². The van der Waals surface area contributed by atoms with Gasteiger partial charge in [-0.15, -0.1) is 24.0 Å². The lowest BCUT2D eigenvalue weighted by Crippen LogP contribution is -2.32. The minimum Gasteiger partial charge on any atom is -0.494 e. The number of hydrogen-bond acceptors (Lipinski definition) is 2. The minimum atomic E-state index is 0. The topological polar surface area (TPSA) is 59.6 Å². The molecular formula is C15H26IN3O. The van der Waals surface area contributed by atoms with Crippen molar-refractivity contribution >= 4 is 29.9 Å². The highest BCUT2D eigenvalue weighted by Gasteiger charge is 1.97. The van der Waals surface area contributed by atoms with Gasteiger partial charge in [0.25, 0.3) is 0 Å². The first kappa shape index (κ1) is 19.0. The quantitative estimate of drug-likeness (QED) is 0.427. The molecule has 0 aromatic heterocycles. The fourth-order valence-corrected chi connectivity index (χ4v) is 1.62. The summed E-state index contributed by atoms with van der Waals surface area (Å²) in [6.45, 7) is 8.46. The molecule has 3 N–H and O–H groups in total. The molecule has 20 heavy (non-hydrogen) atoms. The van der Waals surface area contributed by atoms with Gasteiger partial charge in [0.2, 0.25) is 0 Å². The van der Waals surface area contributed by atoms with Gasteiger partial charge in [0.15, 0.2) is 5.96 Å². The number of guanidine groups is 1. The molecule has 0 saturated carbocycles. The van der Waals surface area contributed by atoms with Crippen LogP contribution in [0.4, 0.5) is 0 Å². The van der Waals surface area contributed by atoms with E-state index < -0.39 is 0 Å². The average Bonchev–Trinajstić information content (AvgIpc) is 2.37. The van der Waals surface area contributed by atoms with Crippen molar-refractivity contribution in [3.63, 3.8) is 0 Å². The monoisotopic (exact) mass is 391 g/mol. The molecule has 114 valence electrons. The third kappa shape index (κ3) is 8.24. The smallest absolute Gasteiger partial charge is 0.188 e. The Hall–Kier alpha value is -0.980. The predicted molar refractivity (Wildman–Crippen MR) is 95.8 cm³/mol. The van der Waals surface area contributed by atoms with Crippen molar-refractivity contribution in [2.45, 2.75) is 33.7 Å². The third-order valence-corrected chi connectivity index (χ3v) is 2.67. The summed E-state index contributed by atoms with van der Waals surface area (Å²) in [5.74, 6) is 2.05. The molecule has 0 heterocycles. The molecule has 1 aromatic rings. The summed E-state index contributed by atoms with van der Waals surface area (Å²) < 4.78 is 5.45. The number of nitrogens with zero attached hydrogens (tertiary/aromatic N) is 1.